The van der Waals surface area contributed by atoms with Gasteiger partial charge >= 0.3 is 5.97 Å². The number of hydrogen-bond donors (Lipinski definition) is 0. The summed E-state index contributed by atoms with van der Waals surface area (Å²) in [5.41, 5.74) is 0.562. The smallest absolute Gasteiger partial charge is 0.351 e. The Morgan fingerprint density at radius 2 is 2.45 bits per heavy atom. The molecule has 0 aliphatic heterocycles. The van der Waals surface area contributed by atoms with E-state index in [0.29, 0.717) is 16.4 Å². The first-order chi connectivity index (χ1) is 9.74. The van der Waals surface area contributed by atoms with E-state index in [4.69, 9.17) is 9.26 Å². The van der Waals surface area contributed by atoms with Crippen molar-refractivity contribution in [3.05, 3.63) is 34.4 Å². The van der Waals surface area contributed by atoms with Crippen LogP contribution in [0.1, 0.15) is 21.4 Å². The van der Waals surface area contributed by atoms with Crippen molar-refractivity contribution in [3.63, 3.8) is 0 Å². The van der Waals surface area contributed by atoms with E-state index >= 15 is 0 Å². The third-order valence-electron chi connectivity index (χ3n) is 2.32. The molecule has 0 N–H and O–H groups in total. The second-order valence-corrected chi connectivity index (χ2v) is 4.62. The fraction of sp³-hybridized carbons (Fsp3) is 0.200. The second kappa shape index (κ2) is 5.17. The quantitative estimate of drug-likeness (QED) is 0.649. The van der Waals surface area contributed by atoms with Gasteiger partial charge in [-0.25, -0.2) is 4.79 Å². The van der Waals surface area contributed by atoms with Gasteiger partial charge in [-0.2, -0.15) is 9.67 Å². The van der Waals surface area contributed by atoms with E-state index in [9.17, 15) is 4.79 Å². The fourth-order valence-electron chi connectivity index (χ4n) is 1.50. The molecular weight excluding hydrogens is 284 g/mol. The van der Waals surface area contributed by atoms with Gasteiger partial charge in [0.2, 0.25) is 0 Å². The van der Waals surface area contributed by atoms with Crippen molar-refractivity contribution in [2.24, 2.45) is 0 Å². The molecular formula is C10H8N6O3S. The highest BCUT2D eigenvalue weighted by Crippen LogP contribution is 2.21. The zero-order chi connectivity index (χ0) is 13.9. The molecule has 3 rings (SSSR count). The molecule has 0 atom stereocenters. The van der Waals surface area contributed by atoms with Crippen LogP contribution in [0.5, 0.6) is 0 Å². The van der Waals surface area contributed by atoms with Crippen LogP contribution in [-0.2, 0) is 11.3 Å². The van der Waals surface area contributed by atoms with Crippen molar-refractivity contribution in [3.8, 4) is 5.69 Å². The molecule has 0 aliphatic rings. The molecule has 20 heavy (non-hydrogen) atoms. The molecule has 0 unspecified atom stereocenters. The molecule has 0 saturated carbocycles. The van der Waals surface area contributed by atoms with Crippen LogP contribution in [0.25, 0.3) is 5.69 Å². The maximum absolute atomic E-state index is 12.0. The van der Waals surface area contributed by atoms with E-state index in [1.54, 1.807) is 18.4 Å². The second-order valence-electron chi connectivity index (χ2n) is 3.70. The van der Waals surface area contributed by atoms with Gasteiger partial charge in [0.1, 0.15) is 11.2 Å². The maximum atomic E-state index is 12.0. The largest absolute Gasteiger partial charge is 0.451 e. The molecule has 102 valence electrons. The third kappa shape index (κ3) is 2.40. The van der Waals surface area contributed by atoms with Crippen molar-refractivity contribution >= 4 is 17.3 Å². The van der Waals surface area contributed by atoms with Crippen molar-refractivity contribution in [1.29, 1.82) is 0 Å². The van der Waals surface area contributed by atoms with Crippen LogP contribution in [0.3, 0.4) is 0 Å². The van der Waals surface area contributed by atoms with Gasteiger partial charge in [0, 0.05) is 0 Å². The van der Waals surface area contributed by atoms with E-state index in [1.165, 1.54) is 22.3 Å². The Bertz CT molecular complexity index is 719. The van der Waals surface area contributed by atoms with Gasteiger partial charge in [-0.3, -0.25) is 0 Å². The summed E-state index contributed by atoms with van der Waals surface area (Å²) < 4.78 is 11.4. The molecule has 0 spiro atoms. The van der Waals surface area contributed by atoms with E-state index in [2.05, 4.69) is 25.7 Å². The molecule has 3 aromatic heterocycles. The van der Waals surface area contributed by atoms with Gasteiger partial charge < -0.3 is 9.26 Å². The van der Waals surface area contributed by atoms with Gasteiger partial charge in [0.25, 0.3) is 5.89 Å². The molecule has 0 radical (unpaired) electrons. The number of thiophene rings is 1. The average molecular weight is 292 g/mol. The predicted molar refractivity (Wildman–Crippen MR) is 65.2 cm³/mol. The minimum absolute atomic E-state index is 0.0768. The first kappa shape index (κ1) is 12.4. The molecule has 10 heteroatoms. The standard InChI is InChI=1S/C10H8N6O3S/c1-6-12-8(19-13-6)4-18-10(17)9-7(2-3-20-9)16-5-11-14-15-16/h2-3,5H,4H2,1H3. The molecule has 3 aromatic rings. The topological polar surface area (TPSA) is 109 Å². The zero-order valence-electron chi connectivity index (χ0n) is 10.3. The summed E-state index contributed by atoms with van der Waals surface area (Å²) in [7, 11) is 0. The number of carbonyl (C=O) groups is 1. The number of nitrogens with zero attached hydrogens (tertiary/aromatic N) is 6. The van der Waals surface area contributed by atoms with Gasteiger partial charge in [-0.15, -0.1) is 16.4 Å². The molecule has 3 heterocycles. The summed E-state index contributed by atoms with van der Waals surface area (Å²) in [5, 5.41) is 16.2. The van der Waals surface area contributed by atoms with E-state index in [0.717, 1.165) is 0 Å². The van der Waals surface area contributed by atoms with E-state index < -0.39 is 5.97 Å². The summed E-state index contributed by atoms with van der Waals surface area (Å²) in [6.45, 7) is 1.61. The van der Waals surface area contributed by atoms with Crippen molar-refractivity contribution in [2.45, 2.75) is 13.5 Å². The molecule has 0 amide bonds. The monoisotopic (exact) mass is 292 g/mol. The SMILES string of the molecule is Cc1noc(COC(=O)c2sccc2-n2cnnn2)n1. The Balaban J connectivity index is 1.73. The molecule has 0 fully saturated rings. The minimum Gasteiger partial charge on any atom is -0.451 e. The van der Waals surface area contributed by atoms with Crippen molar-refractivity contribution < 1.29 is 14.1 Å². The lowest BCUT2D eigenvalue weighted by Crippen LogP contribution is -2.07. The predicted octanol–water partition coefficient (Wildman–Crippen LogP) is 0.772. The number of tetrazole rings is 1. The van der Waals surface area contributed by atoms with Crippen LogP contribution < -0.4 is 0 Å². The number of rotatable bonds is 4. The third-order valence-corrected chi connectivity index (χ3v) is 3.21. The molecule has 0 aliphatic carbocycles. The highest BCUT2D eigenvalue weighted by Gasteiger charge is 2.18. The lowest BCUT2D eigenvalue weighted by molar-refractivity contribution is 0.0435. The van der Waals surface area contributed by atoms with Crippen LogP contribution in [0.2, 0.25) is 0 Å². The van der Waals surface area contributed by atoms with E-state index in [-0.39, 0.29) is 12.5 Å². The van der Waals surface area contributed by atoms with Gasteiger partial charge in [-0.1, -0.05) is 5.16 Å². The van der Waals surface area contributed by atoms with Crippen molar-refractivity contribution in [2.75, 3.05) is 0 Å². The molecule has 0 bridgehead atoms. The summed E-state index contributed by atoms with van der Waals surface area (Å²) in [4.78, 5) is 16.4. The Labute approximate surface area is 116 Å². The van der Waals surface area contributed by atoms with Crippen LogP contribution in [0.15, 0.2) is 22.3 Å². The Hall–Kier alpha value is -2.62. The summed E-state index contributed by atoms with van der Waals surface area (Å²) >= 11 is 1.24. The first-order valence-electron chi connectivity index (χ1n) is 5.51. The molecule has 0 aromatic carbocycles. The van der Waals surface area contributed by atoms with E-state index in [1.807, 2.05) is 0 Å². The number of carbonyl (C=O) groups excluding carboxylic acids is 1. The average Bonchev–Trinajstić information content (AvgIpc) is 3.16. The van der Waals surface area contributed by atoms with Gasteiger partial charge in [0.15, 0.2) is 12.4 Å². The van der Waals surface area contributed by atoms with Gasteiger partial charge in [-0.05, 0) is 28.8 Å². The van der Waals surface area contributed by atoms with Gasteiger partial charge in [0.05, 0.1) is 5.69 Å². The first-order valence-corrected chi connectivity index (χ1v) is 6.39. The molecule has 0 saturated heterocycles. The number of aromatic nitrogens is 6. The minimum atomic E-state index is -0.499. The Morgan fingerprint density at radius 3 is 3.15 bits per heavy atom. The Morgan fingerprint density at radius 1 is 1.55 bits per heavy atom. The Kier molecular flexibility index (Phi) is 3.21. The van der Waals surface area contributed by atoms with Crippen LogP contribution in [0, 0.1) is 6.92 Å². The maximum Gasteiger partial charge on any atom is 0.351 e. The van der Waals surface area contributed by atoms with Crippen molar-refractivity contribution in [1.82, 2.24) is 30.3 Å². The van der Waals surface area contributed by atoms with Crippen LogP contribution in [-0.4, -0.2) is 36.3 Å². The summed E-state index contributed by atoms with van der Waals surface area (Å²) in [6.07, 6.45) is 1.40. The molecule has 9 nitrogen and oxygen atoms in total. The normalized spacial score (nSPS) is 10.7. The highest BCUT2D eigenvalue weighted by molar-refractivity contribution is 7.12. The lowest BCUT2D eigenvalue weighted by atomic mass is 10.4. The number of esters is 1. The fourth-order valence-corrected chi connectivity index (χ4v) is 2.27. The summed E-state index contributed by atoms with van der Waals surface area (Å²) in [5.74, 6) is 0.235. The zero-order valence-corrected chi connectivity index (χ0v) is 11.1. The highest BCUT2D eigenvalue weighted by atomic mass is 32.1. The lowest BCUT2D eigenvalue weighted by Gasteiger charge is -2.02. The number of aryl methyl sites for hydroxylation is 1. The number of hydrogen-bond acceptors (Lipinski definition) is 9. The summed E-state index contributed by atoms with van der Waals surface area (Å²) in [6, 6.07) is 1.73. The van der Waals surface area contributed by atoms with Crippen LogP contribution in [0.4, 0.5) is 0 Å². The van der Waals surface area contributed by atoms with Crippen LogP contribution >= 0.6 is 11.3 Å². The number of ether oxygens (including phenoxy) is 1.